The van der Waals surface area contributed by atoms with E-state index >= 15 is 0 Å². The van der Waals surface area contributed by atoms with E-state index < -0.39 is 5.97 Å². The van der Waals surface area contributed by atoms with Crippen molar-refractivity contribution in [2.45, 2.75) is 6.92 Å². The van der Waals surface area contributed by atoms with Gasteiger partial charge in [0.1, 0.15) is 0 Å². The molecule has 0 radical (unpaired) electrons. The molecule has 4 heteroatoms. The van der Waals surface area contributed by atoms with Crippen LogP contribution in [-0.4, -0.2) is 12.4 Å². The number of hydrogen-bond acceptors (Lipinski definition) is 3. The second-order valence-electron chi connectivity index (χ2n) is 0.706. The average molecular weight is 125 g/mol. The summed E-state index contributed by atoms with van der Waals surface area (Å²) >= 11 is 0. The SMILES string of the molecule is CC(=O)OC=O.Cl. The third kappa shape index (κ3) is 10.8. The van der Waals surface area contributed by atoms with E-state index in [1.165, 1.54) is 0 Å². The average Bonchev–Trinajstić information content (AvgIpc) is 1.35. The second-order valence-corrected chi connectivity index (χ2v) is 0.706. The van der Waals surface area contributed by atoms with E-state index in [1.807, 2.05) is 0 Å². The monoisotopic (exact) mass is 124 g/mol. The minimum atomic E-state index is -0.579. The summed E-state index contributed by atoms with van der Waals surface area (Å²) < 4.78 is 3.72. The normalized spacial score (nSPS) is 5.86. The van der Waals surface area contributed by atoms with E-state index in [0.717, 1.165) is 6.92 Å². The number of carbonyl (C=O) groups is 2. The highest BCUT2D eigenvalue weighted by Gasteiger charge is 1.82. The highest BCUT2D eigenvalue weighted by molar-refractivity contribution is 5.85. The Balaban J connectivity index is 0. The Morgan fingerprint density at radius 3 is 2.14 bits per heavy atom. The van der Waals surface area contributed by atoms with Gasteiger partial charge in [0.25, 0.3) is 0 Å². The van der Waals surface area contributed by atoms with Crippen molar-refractivity contribution < 1.29 is 14.3 Å². The Morgan fingerprint density at radius 1 is 1.71 bits per heavy atom. The number of hydrogen-bond donors (Lipinski definition) is 0. The number of esters is 1. The van der Waals surface area contributed by atoms with Gasteiger partial charge in [0.05, 0.1) is 0 Å². The maximum Gasteiger partial charge on any atom is 0.310 e. The van der Waals surface area contributed by atoms with E-state index in [4.69, 9.17) is 0 Å². The van der Waals surface area contributed by atoms with E-state index in [0.29, 0.717) is 0 Å². The molecule has 0 N–H and O–H groups in total. The van der Waals surface area contributed by atoms with Crippen molar-refractivity contribution in [1.29, 1.82) is 0 Å². The van der Waals surface area contributed by atoms with E-state index in [2.05, 4.69) is 4.74 Å². The summed E-state index contributed by atoms with van der Waals surface area (Å²) in [6, 6.07) is 0. The maximum atomic E-state index is 9.59. The van der Waals surface area contributed by atoms with Crippen LogP contribution in [0.2, 0.25) is 0 Å². The minimum absolute atomic E-state index is 0. The van der Waals surface area contributed by atoms with Crippen LogP contribution < -0.4 is 0 Å². The summed E-state index contributed by atoms with van der Waals surface area (Å²) in [7, 11) is 0. The molecule has 0 aromatic rings. The first-order chi connectivity index (χ1) is 2.77. The van der Waals surface area contributed by atoms with Gasteiger partial charge in [0.15, 0.2) is 0 Å². The maximum absolute atomic E-state index is 9.59. The van der Waals surface area contributed by atoms with Crippen molar-refractivity contribution >= 4 is 24.8 Å². The molecule has 0 spiro atoms. The van der Waals surface area contributed by atoms with Crippen molar-refractivity contribution in [3.63, 3.8) is 0 Å². The summed E-state index contributed by atoms with van der Waals surface area (Å²) in [5.41, 5.74) is 0. The van der Waals surface area contributed by atoms with E-state index in [-0.39, 0.29) is 18.9 Å². The van der Waals surface area contributed by atoms with Gasteiger partial charge in [-0.05, 0) is 0 Å². The largest absolute Gasteiger partial charge is 0.396 e. The molecule has 0 aromatic heterocycles. The molecule has 0 amide bonds. The van der Waals surface area contributed by atoms with Gasteiger partial charge in [-0.2, -0.15) is 0 Å². The van der Waals surface area contributed by atoms with E-state index in [9.17, 15) is 9.59 Å². The molecule has 7 heavy (non-hydrogen) atoms. The number of halogens is 1. The molecule has 3 nitrogen and oxygen atoms in total. The lowest BCUT2D eigenvalue weighted by Crippen LogP contribution is -1.93. The highest BCUT2D eigenvalue weighted by Crippen LogP contribution is 1.62. The van der Waals surface area contributed by atoms with Crippen LogP contribution in [0.3, 0.4) is 0 Å². The second kappa shape index (κ2) is 5.43. The molecule has 0 aliphatic rings. The molecule has 0 heterocycles. The molecule has 0 rings (SSSR count). The Bertz CT molecular complexity index is 70.6. The molecule has 0 aliphatic heterocycles. The van der Waals surface area contributed by atoms with Crippen LogP contribution in [0.25, 0.3) is 0 Å². The topological polar surface area (TPSA) is 43.4 Å². The van der Waals surface area contributed by atoms with Gasteiger partial charge in [0, 0.05) is 6.92 Å². The van der Waals surface area contributed by atoms with Gasteiger partial charge in [-0.15, -0.1) is 12.4 Å². The van der Waals surface area contributed by atoms with Crippen molar-refractivity contribution in [2.75, 3.05) is 0 Å². The summed E-state index contributed by atoms with van der Waals surface area (Å²) in [5, 5.41) is 0. The number of rotatable bonds is 1. The van der Waals surface area contributed by atoms with Crippen LogP contribution >= 0.6 is 12.4 Å². The molecule has 0 unspecified atom stereocenters. The van der Waals surface area contributed by atoms with Gasteiger partial charge in [-0.1, -0.05) is 0 Å². The van der Waals surface area contributed by atoms with Crippen LogP contribution in [-0.2, 0) is 14.3 Å². The fraction of sp³-hybridized carbons (Fsp3) is 0.333. The number of carbonyl (C=O) groups excluding carboxylic acids is 2. The van der Waals surface area contributed by atoms with Crippen molar-refractivity contribution in [3.8, 4) is 0 Å². The minimum Gasteiger partial charge on any atom is -0.396 e. The van der Waals surface area contributed by atoms with Crippen molar-refractivity contribution in [1.82, 2.24) is 0 Å². The summed E-state index contributed by atoms with van der Waals surface area (Å²) in [6.45, 7) is 1.26. The third-order valence-electron chi connectivity index (χ3n) is 0.214. The van der Waals surface area contributed by atoms with Crippen molar-refractivity contribution in [2.24, 2.45) is 0 Å². The first-order valence-corrected chi connectivity index (χ1v) is 1.38. The molecule has 0 aliphatic carbocycles. The zero-order valence-electron chi connectivity index (χ0n) is 3.71. The Kier molecular flexibility index (Phi) is 7.49. The summed E-state index contributed by atoms with van der Waals surface area (Å²) in [4.78, 5) is 18.8. The third-order valence-corrected chi connectivity index (χ3v) is 0.214. The zero-order valence-corrected chi connectivity index (χ0v) is 4.53. The van der Waals surface area contributed by atoms with Gasteiger partial charge in [0.2, 0.25) is 0 Å². The molecule has 0 saturated heterocycles. The van der Waals surface area contributed by atoms with E-state index in [1.54, 1.807) is 0 Å². The lowest BCUT2D eigenvalue weighted by molar-refractivity contribution is -0.149. The van der Waals surface area contributed by atoms with Crippen LogP contribution in [0.15, 0.2) is 0 Å². The van der Waals surface area contributed by atoms with Crippen LogP contribution in [0.1, 0.15) is 6.92 Å². The smallest absolute Gasteiger partial charge is 0.310 e. The van der Waals surface area contributed by atoms with Crippen LogP contribution in [0.4, 0.5) is 0 Å². The lowest BCUT2D eigenvalue weighted by atomic mass is 10.8. The summed E-state index contributed by atoms with van der Waals surface area (Å²) in [6.07, 6.45) is 0. The fourth-order valence-corrected chi connectivity index (χ4v) is 0.0678. The van der Waals surface area contributed by atoms with Gasteiger partial charge < -0.3 is 4.74 Å². The Morgan fingerprint density at radius 2 is 2.14 bits per heavy atom. The predicted molar refractivity (Wildman–Crippen MR) is 25.1 cm³/mol. The molecule has 42 valence electrons. The quantitative estimate of drug-likeness (QED) is 0.284. The Hall–Kier alpha value is -0.570. The fourth-order valence-electron chi connectivity index (χ4n) is 0.0678. The standard InChI is InChI=1S/C3H4O3.ClH/c1-3(5)6-2-4;/h2H,1H3;1H. The zero-order chi connectivity index (χ0) is 4.99. The van der Waals surface area contributed by atoms with Gasteiger partial charge in [-0.3, -0.25) is 9.59 Å². The van der Waals surface area contributed by atoms with Gasteiger partial charge in [-0.25, -0.2) is 0 Å². The lowest BCUT2D eigenvalue weighted by Gasteiger charge is -1.78. The molecular weight excluding hydrogens is 119 g/mol. The molecule has 0 saturated carbocycles. The van der Waals surface area contributed by atoms with Crippen molar-refractivity contribution in [3.05, 3.63) is 0 Å². The highest BCUT2D eigenvalue weighted by atomic mass is 35.5. The number of ether oxygens (including phenoxy) is 1. The summed E-state index contributed by atoms with van der Waals surface area (Å²) in [5.74, 6) is -0.579. The van der Waals surface area contributed by atoms with Gasteiger partial charge >= 0.3 is 12.4 Å². The molecular formula is C3H5ClO3. The predicted octanol–water partition coefficient (Wildman–Crippen LogP) is 0.128. The Labute approximate surface area is 47.1 Å². The first-order valence-electron chi connectivity index (χ1n) is 1.38. The molecule has 0 aromatic carbocycles. The molecule has 0 atom stereocenters. The molecule has 0 fully saturated rings. The van der Waals surface area contributed by atoms with Crippen LogP contribution in [0, 0.1) is 0 Å². The first kappa shape index (κ1) is 9.66. The molecule has 0 bridgehead atoms. The van der Waals surface area contributed by atoms with Crippen LogP contribution in [0.5, 0.6) is 0 Å².